The third kappa shape index (κ3) is 2.68. The van der Waals surface area contributed by atoms with Gasteiger partial charge in [-0.1, -0.05) is 28.1 Å². The van der Waals surface area contributed by atoms with Crippen molar-refractivity contribution in [3.8, 4) is 0 Å². The molecule has 0 saturated carbocycles. The summed E-state index contributed by atoms with van der Waals surface area (Å²) < 4.78 is 1.17. The molecular weight excluding hydrogens is 312 g/mol. The standard InChI is InChI=1S/C17H19BrN2/c1-20(2)15-5-3-4-14(11-15)19-17-9-6-12-10-13(18)7-8-16(12)17/h3-5,7-8,10-11,17,19H,6,9H2,1-2H3. The van der Waals surface area contributed by atoms with Crippen LogP contribution in [0.15, 0.2) is 46.9 Å². The van der Waals surface area contributed by atoms with Gasteiger partial charge in [-0.25, -0.2) is 0 Å². The highest BCUT2D eigenvalue weighted by Crippen LogP contribution is 2.35. The summed E-state index contributed by atoms with van der Waals surface area (Å²) in [4.78, 5) is 2.13. The largest absolute Gasteiger partial charge is 0.378 e. The van der Waals surface area contributed by atoms with E-state index in [2.05, 4.69) is 82.7 Å². The highest BCUT2D eigenvalue weighted by atomic mass is 79.9. The van der Waals surface area contributed by atoms with Crippen LogP contribution in [0.3, 0.4) is 0 Å². The molecule has 0 bridgehead atoms. The summed E-state index contributed by atoms with van der Waals surface area (Å²) in [7, 11) is 4.14. The first kappa shape index (κ1) is 13.5. The number of nitrogens with one attached hydrogen (secondary N) is 1. The molecule has 3 rings (SSSR count). The molecule has 1 unspecified atom stereocenters. The average molecular weight is 331 g/mol. The SMILES string of the molecule is CN(C)c1cccc(NC2CCc3cc(Br)ccc32)c1. The third-order valence-corrected chi connectivity index (χ3v) is 4.38. The Bertz CT molecular complexity index is 622. The van der Waals surface area contributed by atoms with Gasteiger partial charge in [0.25, 0.3) is 0 Å². The first-order valence-corrected chi connectivity index (χ1v) is 7.75. The second-order valence-electron chi connectivity index (χ2n) is 5.52. The summed E-state index contributed by atoms with van der Waals surface area (Å²) in [6.45, 7) is 0. The molecule has 0 amide bonds. The molecule has 0 fully saturated rings. The highest BCUT2D eigenvalue weighted by Gasteiger charge is 2.22. The minimum Gasteiger partial charge on any atom is -0.378 e. The predicted molar refractivity (Wildman–Crippen MR) is 89.6 cm³/mol. The number of anilines is 2. The van der Waals surface area contributed by atoms with Crippen LogP contribution >= 0.6 is 15.9 Å². The minimum absolute atomic E-state index is 0.426. The van der Waals surface area contributed by atoms with Crippen molar-refractivity contribution >= 4 is 27.3 Å². The van der Waals surface area contributed by atoms with E-state index >= 15 is 0 Å². The first-order chi connectivity index (χ1) is 9.63. The Balaban J connectivity index is 1.82. The van der Waals surface area contributed by atoms with Crippen molar-refractivity contribution < 1.29 is 0 Å². The lowest BCUT2D eigenvalue weighted by atomic mass is 10.1. The van der Waals surface area contributed by atoms with Crippen molar-refractivity contribution in [2.24, 2.45) is 0 Å². The quantitative estimate of drug-likeness (QED) is 0.883. The Labute approximate surface area is 128 Å². The number of nitrogens with zero attached hydrogens (tertiary/aromatic N) is 1. The van der Waals surface area contributed by atoms with E-state index in [1.54, 1.807) is 0 Å². The van der Waals surface area contributed by atoms with Crippen LogP contribution in [0.4, 0.5) is 11.4 Å². The second-order valence-corrected chi connectivity index (χ2v) is 6.44. The highest BCUT2D eigenvalue weighted by molar-refractivity contribution is 9.10. The molecule has 0 spiro atoms. The Morgan fingerprint density at radius 3 is 2.80 bits per heavy atom. The fourth-order valence-corrected chi connectivity index (χ4v) is 3.22. The van der Waals surface area contributed by atoms with Crippen LogP contribution in [0.5, 0.6) is 0 Å². The lowest BCUT2D eigenvalue weighted by molar-refractivity contribution is 0.762. The second kappa shape index (κ2) is 5.49. The van der Waals surface area contributed by atoms with Crippen LogP contribution in [0.2, 0.25) is 0 Å². The maximum atomic E-state index is 3.67. The summed E-state index contributed by atoms with van der Waals surface area (Å²) >= 11 is 3.55. The number of halogens is 1. The summed E-state index contributed by atoms with van der Waals surface area (Å²) in [5.41, 5.74) is 5.31. The average Bonchev–Trinajstić information content (AvgIpc) is 2.81. The Hall–Kier alpha value is -1.48. The van der Waals surface area contributed by atoms with Crippen molar-refractivity contribution in [1.29, 1.82) is 0 Å². The molecule has 0 saturated heterocycles. The van der Waals surface area contributed by atoms with Crippen molar-refractivity contribution in [2.45, 2.75) is 18.9 Å². The summed E-state index contributed by atoms with van der Waals surface area (Å²) in [6.07, 6.45) is 2.32. The van der Waals surface area contributed by atoms with Crippen LogP contribution in [-0.4, -0.2) is 14.1 Å². The van der Waals surface area contributed by atoms with E-state index in [-0.39, 0.29) is 0 Å². The summed E-state index contributed by atoms with van der Waals surface area (Å²) in [6, 6.07) is 15.6. The fourth-order valence-electron chi connectivity index (χ4n) is 2.81. The number of benzene rings is 2. The van der Waals surface area contributed by atoms with Gasteiger partial charge in [0.15, 0.2) is 0 Å². The topological polar surface area (TPSA) is 15.3 Å². The van der Waals surface area contributed by atoms with Crippen LogP contribution < -0.4 is 10.2 Å². The Morgan fingerprint density at radius 2 is 2.00 bits per heavy atom. The summed E-state index contributed by atoms with van der Waals surface area (Å²) in [5, 5.41) is 3.67. The Kier molecular flexibility index (Phi) is 3.70. The van der Waals surface area contributed by atoms with Gasteiger partial charge in [0, 0.05) is 29.9 Å². The van der Waals surface area contributed by atoms with E-state index < -0.39 is 0 Å². The predicted octanol–water partition coefficient (Wildman–Crippen LogP) is 4.61. The molecule has 20 heavy (non-hydrogen) atoms. The number of fused-ring (bicyclic) bond motifs is 1. The van der Waals surface area contributed by atoms with Gasteiger partial charge in [-0.2, -0.15) is 0 Å². The normalized spacial score (nSPS) is 16.9. The van der Waals surface area contributed by atoms with E-state index in [4.69, 9.17) is 0 Å². The molecular formula is C17H19BrN2. The van der Waals surface area contributed by atoms with Crippen molar-refractivity contribution in [2.75, 3.05) is 24.3 Å². The third-order valence-electron chi connectivity index (χ3n) is 3.89. The van der Waals surface area contributed by atoms with Crippen LogP contribution in [0.25, 0.3) is 0 Å². The first-order valence-electron chi connectivity index (χ1n) is 6.96. The zero-order chi connectivity index (χ0) is 14.1. The van der Waals surface area contributed by atoms with Crippen LogP contribution in [-0.2, 0) is 6.42 Å². The van der Waals surface area contributed by atoms with E-state index in [0.717, 1.165) is 12.8 Å². The lowest BCUT2D eigenvalue weighted by Crippen LogP contribution is -2.10. The number of rotatable bonds is 3. The maximum Gasteiger partial charge on any atom is 0.0519 e. The van der Waals surface area contributed by atoms with Gasteiger partial charge in [0.05, 0.1) is 6.04 Å². The zero-order valence-electron chi connectivity index (χ0n) is 11.9. The molecule has 2 aromatic carbocycles. The van der Waals surface area contributed by atoms with Crippen molar-refractivity contribution in [1.82, 2.24) is 0 Å². The van der Waals surface area contributed by atoms with Gasteiger partial charge >= 0.3 is 0 Å². The zero-order valence-corrected chi connectivity index (χ0v) is 13.4. The molecule has 2 nitrogen and oxygen atoms in total. The van der Waals surface area contributed by atoms with Crippen LogP contribution in [0, 0.1) is 0 Å². The van der Waals surface area contributed by atoms with Gasteiger partial charge in [-0.3, -0.25) is 0 Å². The van der Waals surface area contributed by atoms with E-state index in [1.165, 1.54) is 27.0 Å². The molecule has 0 heterocycles. The van der Waals surface area contributed by atoms with Crippen molar-refractivity contribution in [3.05, 3.63) is 58.1 Å². The van der Waals surface area contributed by atoms with Crippen molar-refractivity contribution in [3.63, 3.8) is 0 Å². The molecule has 2 aromatic rings. The molecule has 1 aliphatic carbocycles. The van der Waals surface area contributed by atoms with Crippen LogP contribution in [0.1, 0.15) is 23.6 Å². The molecule has 0 radical (unpaired) electrons. The van der Waals surface area contributed by atoms with Gasteiger partial charge < -0.3 is 10.2 Å². The number of aryl methyl sites for hydroxylation is 1. The molecule has 1 aliphatic rings. The van der Waals surface area contributed by atoms with Gasteiger partial charge in [0.2, 0.25) is 0 Å². The Morgan fingerprint density at radius 1 is 1.15 bits per heavy atom. The number of hydrogen-bond donors (Lipinski definition) is 1. The van der Waals surface area contributed by atoms with Gasteiger partial charge in [-0.15, -0.1) is 0 Å². The molecule has 0 aliphatic heterocycles. The lowest BCUT2D eigenvalue weighted by Gasteiger charge is -2.18. The fraction of sp³-hybridized carbons (Fsp3) is 0.294. The van der Waals surface area contributed by atoms with E-state index in [9.17, 15) is 0 Å². The summed E-state index contributed by atoms with van der Waals surface area (Å²) in [5.74, 6) is 0. The van der Waals surface area contributed by atoms with Gasteiger partial charge in [-0.05, 0) is 54.3 Å². The molecule has 1 N–H and O–H groups in total. The maximum absolute atomic E-state index is 3.67. The van der Waals surface area contributed by atoms with E-state index in [1.807, 2.05) is 0 Å². The molecule has 1 atom stereocenters. The van der Waals surface area contributed by atoms with Gasteiger partial charge in [0.1, 0.15) is 0 Å². The van der Waals surface area contributed by atoms with E-state index in [0.29, 0.717) is 6.04 Å². The molecule has 3 heteroatoms. The molecule has 0 aromatic heterocycles. The minimum atomic E-state index is 0.426. The smallest absolute Gasteiger partial charge is 0.0519 e. The monoisotopic (exact) mass is 330 g/mol. The molecule has 104 valence electrons. The number of hydrogen-bond acceptors (Lipinski definition) is 2.